The van der Waals surface area contributed by atoms with Gasteiger partial charge in [0.1, 0.15) is 5.01 Å². The van der Waals surface area contributed by atoms with E-state index in [0.29, 0.717) is 22.4 Å². The molecular formula is C22H19N5OS. The number of carbonyl (C=O) groups is 1. The topological polar surface area (TPSA) is 80.7 Å². The van der Waals surface area contributed by atoms with Gasteiger partial charge in [-0.15, -0.1) is 10.2 Å². The molecule has 4 aromatic rings. The van der Waals surface area contributed by atoms with Crippen molar-refractivity contribution in [3.63, 3.8) is 0 Å². The van der Waals surface area contributed by atoms with Crippen molar-refractivity contribution < 1.29 is 4.79 Å². The van der Waals surface area contributed by atoms with Crippen molar-refractivity contribution >= 4 is 22.4 Å². The van der Waals surface area contributed by atoms with Crippen molar-refractivity contribution in [3.05, 3.63) is 78.1 Å². The van der Waals surface area contributed by atoms with E-state index < -0.39 is 0 Å². The minimum atomic E-state index is -0.317. The Morgan fingerprint density at radius 1 is 0.897 bits per heavy atom. The fourth-order valence-corrected chi connectivity index (χ4v) is 3.50. The normalized spacial score (nSPS) is 10.9. The summed E-state index contributed by atoms with van der Waals surface area (Å²) in [4.78, 5) is 21.0. The summed E-state index contributed by atoms with van der Waals surface area (Å²) in [6.07, 6.45) is 3.02. The standard InChI is InChI=1S/C22H19N5OS/c1-14(2)15-8-10-17(11-9-15)21-26-27-22(29-21)25-20(28)18-12-23-19(24-13-18)16-6-4-3-5-7-16/h3-14H,1-2H3,(H,25,27,28). The maximum atomic E-state index is 12.5. The molecule has 2 heterocycles. The number of rotatable bonds is 5. The van der Waals surface area contributed by atoms with Crippen molar-refractivity contribution in [2.24, 2.45) is 0 Å². The van der Waals surface area contributed by atoms with Gasteiger partial charge < -0.3 is 0 Å². The zero-order chi connectivity index (χ0) is 20.2. The van der Waals surface area contributed by atoms with Crippen molar-refractivity contribution in [1.82, 2.24) is 20.2 Å². The van der Waals surface area contributed by atoms with Crippen LogP contribution in [0.5, 0.6) is 0 Å². The molecule has 0 saturated heterocycles. The van der Waals surface area contributed by atoms with Crippen LogP contribution in [0.2, 0.25) is 0 Å². The summed E-state index contributed by atoms with van der Waals surface area (Å²) >= 11 is 1.33. The molecule has 0 radical (unpaired) electrons. The summed E-state index contributed by atoms with van der Waals surface area (Å²) in [7, 11) is 0. The first-order valence-electron chi connectivity index (χ1n) is 9.23. The summed E-state index contributed by atoms with van der Waals surface area (Å²) in [5.41, 5.74) is 3.51. The van der Waals surface area contributed by atoms with Gasteiger partial charge in [0.05, 0.1) is 5.56 Å². The van der Waals surface area contributed by atoms with E-state index in [1.165, 1.54) is 29.3 Å². The third-order valence-corrected chi connectivity index (χ3v) is 5.30. The predicted octanol–water partition coefficient (Wildman–Crippen LogP) is 5.04. The fraction of sp³-hybridized carbons (Fsp3) is 0.136. The molecular weight excluding hydrogens is 382 g/mol. The molecule has 0 aliphatic rings. The molecule has 7 heteroatoms. The highest BCUT2D eigenvalue weighted by Crippen LogP contribution is 2.28. The van der Waals surface area contributed by atoms with Gasteiger partial charge in [-0.25, -0.2) is 9.97 Å². The van der Waals surface area contributed by atoms with Gasteiger partial charge in [0, 0.05) is 23.5 Å². The average Bonchev–Trinajstić information content (AvgIpc) is 3.23. The van der Waals surface area contributed by atoms with Crippen LogP contribution in [0.3, 0.4) is 0 Å². The molecule has 1 amide bonds. The lowest BCUT2D eigenvalue weighted by Gasteiger charge is -2.04. The molecule has 0 atom stereocenters. The van der Waals surface area contributed by atoms with Crippen LogP contribution < -0.4 is 5.32 Å². The van der Waals surface area contributed by atoms with Crippen LogP contribution in [-0.2, 0) is 0 Å². The molecule has 0 fully saturated rings. The Labute approximate surface area is 172 Å². The average molecular weight is 401 g/mol. The van der Waals surface area contributed by atoms with E-state index in [-0.39, 0.29) is 5.91 Å². The first-order valence-corrected chi connectivity index (χ1v) is 10.0. The second-order valence-corrected chi connectivity index (χ2v) is 7.78. The number of nitrogens with zero attached hydrogens (tertiary/aromatic N) is 4. The molecule has 0 saturated carbocycles. The summed E-state index contributed by atoms with van der Waals surface area (Å²) < 4.78 is 0. The van der Waals surface area contributed by atoms with Crippen LogP contribution in [0, 0.1) is 0 Å². The van der Waals surface area contributed by atoms with E-state index in [4.69, 9.17) is 0 Å². The third kappa shape index (κ3) is 4.35. The maximum absolute atomic E-state index is 12.5. The van der Waals surface area contributed by atoms with Crippen LogP contribution in [0.15, 0.2) is 67.0 Å². The molecule has 2 aromatic heterocycles. The zero-order valence-corrected chi connectivity index (χ0v) is 16.9. The number of nitrogens with one attached hydrogen (secondary N) is 1. The first-order chi connectivity index (χ1) is 14.1. The van der Waals surface area contributed by atoms with E-state index in [9.17, 15) is 4.79 Å². The monoisotopic (exact) mass is 401 g/mol. The van der Waals surface area contributed by atoms with Gasteiger partial charge in [-0.05, 0) is 11.5 Å². The lowest BCUT2D eigenvalue weighted by molar-refractivity contribution is 0.102. The van der Waals surface area contributed by atoms with Gasteiger partial charge in [-0.1, -0.05) is 79.8 Å². The maximum Gasteiger partial charge on any atom is 0.260 e. The highest BCUT2D eigenvalue weighted by atomic mass is 32.1. The molecule has 0 unspecified atom stereocenters. The molecule has 0 spiro atoms. The highest BCUT2D eigenvalue weighted by molar-refractivity contribution is 7.18. The number of hydrogen-bond donors (Lipinski definition) is 1. The number of aromatic nitrogens is 4. The SMILES string of the molecule is CC(C)c1ccc(-c2nnc(NC(=O)c3cnc(-c4ccccc4)nc3)s2)cc1. The first kappa shape index (κ1) is 18.9. The number of benzene rings is 2. The molecule has 0 bridgehead atoms. The van der Waals surface area contributed by atoms with Gasteiger partial charge in [-0.2, -0.15) is 0 Å². The third-order valence-electron chi connectivity index (χ3n) is 4.42. The lowest BCUT2D eigenvalue weighted by Crippen LogP contribution is -2.12. The largest absolute Gasteiger partial charge is 0.296 e. The summed E-state index contributed by atoms with van der Waals surface area (Å²) in [6.45, 7) is 4.31. The lowest BCUT2D eigenvalue weighted by atomic mass is 10.0. The van der Waals surface area contributed by atoms with Crippen molar-refractivity contribution in [2.45, 2.75) is 19.8 Å². The van der Waals surface area contributed by atoms with Crippen molar-refractivity contribution in [2.75, 3.05) is 5.32 Å². The predicted molar refractivity (Wildman–Crippen MR) is 115 cm³/mol. The smallest absolute Gasteiger partial charge is 0.260 e. The number of amides is 1. The second-order valence-electron chi connectivity index (χ2n) is 6.80. The minimum Gasteiger partial charge on any atom is -0.296 e. The van der Waals surface area contributed by atoms with Gasteiger partial charge in [0.2, 0.25) is 5.13 Å². The van der Waals surface area contributed by atoms with Crippen LogP contribution in [-0.4, -0.2) is 26.1 Å². The Morgan fingerprint density at radius 3 is 2.24 bits per heavy atom. The molecule has 6 nitrogen and oxygen atoms in total. The van der Waals surface area contributed by atoms with E-state index in [1.807, 2.05) is 42.5 Å². The van der Waals surface area contributed by atoms with E-state index in [2.05, 4.69) is 51.5 Å². The molecule has 144 valence electrons. The molecule has 0 aliphatic heterocycles. The summed E-state index contributed by atoms with van der Waals surface area (Å²) in [5, 5.41) is 12.2. The minimum absolute atomic E-state index is 0.317. The van der Waals surface area contributed by atoms with Crippen LogP contribution in [0.25, 0.3) is 22.0 Å². The fourth-order valence-electron chi connectivity index (χ4n) is 2.75. The van der Waals surface area contributed by atoms with Crippen LogP contribution >= 0.6 is 11.3 Å². The Kier molecular flexibility index (Phi) is 5.39. The number of anilines is 1. The van der Waals surface area contributed by atoms with Gasteiger partial charge in [0.15, 0.2) is 5.82 Å². The molecule has 29 heavy (non-hydrogen) atoms. The van der Waals surface area contributed by atoms with Gasteiger partial charge >= 0.3 is 0 Å². The highest BCUT2D eigenvalue weighted by Gasteiger charge is 2.13. The summed E-state index contributed by atoms with van der Waals surface area (Å²) in [6, 6.07) is 17.8. The Morgan fingerprint density at radius 2 is 1.59 bits per heavy atom. The Bertz CT molecular complexity index is 1110. The quantitative estimate of drug-likeness (QED) is 0.507. The van der Waals surface area contributed by atoms with Crippen molar-refractivity contribution in [3.8, 4) is 22.0 Å². The van der Waals surface area contributed by atoms with E-state index in [0.717, 1.165) is 16.1 Å². The Hall–Kier alpha value is -3.45. The Balaban J connectivity index is 1.45. The molecule has 4 rings (SSSR count). The van der Waals surface area contributed by atoms with Gasteiger partial charge in [-0.3, -0.25) is 10.1 Å². The second kappa shape index (κ2) is 8.28. The number of hydrogen-bond acceptors (Lipinski definition) is 6. The molecule has 1 N–H and O–H groups in total. The van der Waals surface area contributed by atoms with Crippen LogP contribution in [0.1, 0.15) is 35.7 Å². The zero-order valence-electron chi connectivity index (χ0n) is 16.0. The van der Waals surface area contributed by atoms with Crippen molar-refractivity contribution in [1.29, 1.82) is 0 Å². The van der Waals surface area contributed by atoms with E-state index in [1.54, 1.807) is 0 Å². The van der Waals surface area contributed by atoms with Gasteiger partial charge in [0.25, 0.3) is 5.91 Å². The molecule has 0 aliphatic carbocycles. The number of carbonyl (C=O) groups excluding carboxylic acids is 1. The molecule has 2 aromatic carbocycles. The van der Waals surface area contributed by atoms with Crippen LogP contribution in [0.4, 0.5) is 5.13 Å². The summed E-state index contributed by atoms with van der Waals surface area (Å²) in [5.74, 6) is 0.733. The van der Waals surface area contributed by atoms with E-state index >= 15 is 0 Å².